The summed E-state index contributed by atoms with van der Waals surface area (Å²) in [6.45, 7) is -0.701. The summed E-state index contributed by atoms with van der Waals surface area (Å²) in [5.41, 5.74) is 3.85. The summed E-state index contributed by atoms with van der Waals surface area (Å²) in [5.74, 6) is -2.75. The molecule has 0 saturated heterocycles. The van der Waals surface area contributed by atoms with E-state index in [2.05, 4.69) is 20.0 Å². The fourth-order valence-corrected chi connectivity index (χ4v) is 2.46. The van der Waals surface area contributed by atoms with Gasteiger partial charge >= 0.3 is 0 Å². The van der Waals surface area contributed by atoms with Crippen LogP contribution < -0.4 is 21.3 Å². The van der Waals surface area contributed by atoms with Gasteiger partial charge in [0.05, 0.1) is 6.20 Å². The highest BCUT2D eigenvalue weighted by molar-refractivity contribution is 6.02. The Bertz CT molecular complexity index is 1030. The number of amides is 1. The van der Waals surface area contributed by atoms with Crippen LogP contribution in [-0.4, -0.2) is 35.4 Å². The van der Waals surface area contributed by atoms with Crippen molar-refractivity contribution in [2.75, 3.05) is 18.9 Å². The van der Waals surface area contributed by atoms with Gasteiger partial charge in [0, 0.05) is 11.6 Å². The van der Waals surface area contributed by atoms with Crippen molar-refractivity contribution < 1.29 is 27.4 Å². The van der Waals surface area contributed by atoms with E-state index in [0.29, 0.717) is 0 Å². The van der Waals surface area contributed by atoms with E-state index in [1.807, 2.05) is 0 Å². The molecule has 30 heavy (non-hydrogen) atoms. The number of benzene rings is 1. The normalized spacial score (nSPS) is 12.2. The molecular weight excluding hydrogens is 407 g/mol. The maximum absolute atomic E-state index is 14.2. The lowest BCUT2D eigenvalue weighted by atomic mass is 9.99. The number of carbonyl (C=O) groups is 1. The van der Waals surface area contributed by atoms with Crippen LogP contribution in [0.15, 0.2) is 41.0 Å². The van der Waals surface area contributed by atoms with Crippen LogP contribution in [0.2, 0.25) is 0 Å². The molecule has 0 spiro atoms. The van der Waals surface area contributed by atoms with Crippen LogP contribution in [-0.2, 0) is 4.74 Å². The van der Waals surface area contributed by atoms with E-state index in [1.165, 1.54) is 18.2 Å². The highest BCUT2D eigenvalue weighted by atomic mass is 19.1. The van der Waals surface area contributed by atoms with E-state index in [4.69, 9.17) is 15.9 Å². The first-order chi connectivity index (χ1) is 14.2. The Kier molecular flexibility index (Phi) is 7.56. The van der Waals surface area contributed by atoms with Gasteiger partial charge in [-0.25, -0.2) is 18.2 Å². The molecule has 0 aliphatic heterocycles. The van der Waals surface area contributed by atoms with Gasteiger partial charge in [0.25, 0.3) is 17.5 Å². The molecule has 1 amide bonds. The Morgan fingerprint density at radius 2 is 2.17 bits per heavy atom. The molecular formula is C18H18F3N5O4. The van der Waals surface area contributed by atoms with Gasteiger partial charge in [0.1, 0.15) is 18.3 Å². The molecule has 0 fully saturated rings. The molecule has 2 rings (SSSR count). The number of H-pyrrole nitrogens is 1. The second-order valence-corrected chi connectivity index (χ2v) is 5.89. The fourth-order valence-electron chi connectivity index (χ4n) is 2.46. The molecule has 5 N–H and O–H groups in total. The predicted octanol–water partition coefficient (Wildman–Crippen LogP) is 2.33. The maximum Gasteiger partial charge on any atom is 0.284 e. The number of nitrogens with zero attached hydrogens (tertiary/aromatic N) is 1. The molecule has 0 aliphatic rings. The number of alkyl halides is 2. The SMILES string of the molecule is C[C@H](/C=C(/CF)OC(=N)N)c1cc(NC(=O)c2ncc(OCF)[nH]c2=O)ccc1F. The molecule has 0 unspecified atom stereocenters. The van der Waals surface area contributed by atoms with Gasteiger partial charge in [-0.1, -0.05) is 6.92 Å². The van der Waals surface area contributed by atoms with E-state index in [-0.39, 0.29) is 22.9 Å². The first-order valence-electron chi connectivity index (χ1n) is 8.42. The van der Waals surface area contributed by atoms with Crippen molar-refractivity contribution in [3.63, 3.8) is 0 Å². The van der Waals surface area contributed by atoms with Crippen LogP contribution in [0.4, 0.5) is 18.9 Å². The molecule has 0 aliphatic carbocycles. The number of amidine groups is 1. The first-order valence-corrected chi connectivity index (χ1v) is 8.42. The number of nitrogens with two attached hydrogens (primary N) is 1. The smallest absolute Gasteiger partial charge is 0.284 e. The van der Waals surface area contributed by atoms with Crippen LogP contribution in [0.1, 0.15) is 28.9 Å². The van der Waals surface area contributed by atoms with Crippen molar-refractivity contribution >= 4 is 17.6 Å². The lowest BCUT2D eigenvalue weighted by Gasteiger charge is -2.13. The predicted molar refractivity (Wildman–Crippen MR) is 101 cm³/mol. The topological polar surface area (TPSA) is 143 Å². The van der Waals surface area contributed by atoms with Gasteiger partial charge in [0.15, 0.2) is 5.69 Å². The van der Waals surface area contributed by atoms with Gasteiger partial charge in [0.2, 0.25) is 12.7 Å². The van der Waals surface area contributed by atoms with Crippen LogP contribution >= 0.6 is 0 Å². The molecule has 9 nitrogen and oxygen atoms in total. The minimum absolute atomic E-state index is 0.0828. The van der Waals surface area contributed by atoms with Crippen molar-refractivity contribution in [2.24, 2.45) is 5.73 Å². The van der Waals surface area contributed by atoms with Gasteiger partial charge in [-0.2, -0.15) is 0 Å². The average molecular weight is 425 g/mol. The number of halogens is 3. The fraction of sp³-hybridized carbons (Fsp3) is 0.222. The van der Waals surface area contributed by atoms with E-state index in [1.54, 1.807) is 6.92 Å². The molecule has 12 heteroatoms. The molecule has 0 bridgehead atoms. The third-order valence-corrected chi connectivity index (χ3v) is 3.74. The molecule has 2 aromatic rings. The standard InChI is InChI=1S/C18H18F3N5O4/c1-9(4-11(6-19)30-18(22)23)12-5-10(2-3-13(12)21)25-16(27)15-17(28)26-14(7-24-15)29-8-20/h2-5,7,9H,6,8H2,1H3,(H3,22,23)(H,25,27)(H,26,28)/b11-4-/t9-/m1/s1. The van der Waals surface area contributed by atoms with Crippen LogP contribution in [0.3, 0.4) is 0 Å². The quantitative estimate of drug-likeness (QED) is 0.290. The minimum Gasteiger partial charge on any atom is -0.446 e. The molecule has 1 atom stereocenters. The number of ether oxygens (including phenoxy) is 2. The zero-order valence-electron chi connectivity index (χ0n) is 15.7. The lowest BCUT2D eigenvalue weighted by molar-refractivity contribution is 0.102. The molecule has 160 valence electrons. The Morgan fingerprint density at radius 1 is 1.43 bits per heavy atom. The molecule has 0 saturated carbocycles. The van der Waals surface area contributed by atoms with Crippen molar-refractivity contribution in [1.29, 1.82) is 5.41 Å². The van der Waals surface area contributed by atoms with Crippen molar-refractivity contribution in [1.82, 2.24) is 9.97 Å². The van der Waals surface area contributed by atoms with E-state index >= 15 is 0 Å². The molecule has 0 radical (unpaired) electrons. The largest absolute Gasteiger partial charge is 0.446 e. The first kappa shape index (κ1) is 22.5. The minimum atomic E-state index is -1.18. The second kappa shape index (κ2) is 10.1. The van der Waals surface area contributed by atoms with Crippen molar-refractivity contribution in [3.05, 3.63) is 63.7 Å². The van der Waals surface area contributed by atoms with Crippen LogP contribution in [0.25, 0.3) is 0 Å². The van der Waals surface area contributed by atoms with Gasteiger partial charge in [-0.3, -0.25) is 20.0 Å². The second-order valence-electron chi connectivity index (χ2n) is 5.89. The number of carbonyl (C=O) groups excluding carboxylic acids is 1. The van der Waals surface area contributed by atoms with E-state index in [0.717, 1.165) is 12.3 Å². The van der Waals surface area contributed by atoms with Gasteiger partial charge in [-0.15, -0.1) is 0 Å². The summed E-state index contributed by atoms with van der Waals surface area (Å²) >= 11 is 0. The number of allylic oxidation sites excluding steroid dienone is 2. The van der Waals surface area contributed by atoms with Gasteiger partial charge in [-0.05, 0) is 29.8 Å². The number of aromatic nitrogens is 2. The van der Waals surface area contributed by atoms with E-state index < -0.39 is 48.5 Å². The third-order valence-electron chi connectivity index (χ3n) is 3.74. The summed E-state index contributed by atoms with van der Waals surface area (Å²) in [4.78, 5) is 30.0. The Morgan fingerprint density at radius 3 is 2.77 bits per heavy atom. The molecule has 1 aromatic heterocycles. The zero-order chi connectivity index (χ0) is 22.3. The summed E-state index contributed by atoms with van der Waals surface area (Å²) in [6, 6.07) is 2.90. The number of rotatable bonds is 8. The summed E-state index contributed by atoms with van der Waals surface area (Å²) in [5, 5.41) is 9.42. The lowest BCUT2D eigenvalue weighted by Crippen LogP contribution is -2.25. The number of hydrogen-bond acceptors (Lipinski definition) is 6. The highest BCUT2D eigenvalue weighted by Gasteiger charge is 2.16. The number of hydrogen-bond donors (Lipinski definition) is 4. The third kappa shape index (κ3) is 5.83. The average Bonchev–Trinajstić information content (AvgIpc) is 2.68. The van der Waals surface area contributed by atoms with Crippen LogP contribution in [0.5, 0.6) is 5.88 Å². The zero-order valence-corrected chi connectivity index (χ0v) is 15.7. The monoisotopic (exact) mass is 425 g/mol. The van der Waals surface area contributed by atoms with Crippen LogP contribution in [0, 0.1) is 11.2 Å². The summed E-state index contributed by atoms with van der Waals surface area (Å²) in [6.07, 6.45) is 2.20. The van der Waals surface area contributed by atoms with Crippen molar-refractivity contribution in [3.8, 4) is 5.88 Å². The maximum atomic E-state index is 14.2. The number of aromatic amines is 1. The Balaban J connectivity index is 2.24. The summed E-state index contributed by atoms with van der Waals surface area (Å²) in [7, 11) is 0. The molecule has 1 heterocycles. The molecule has 1 aromatic carbocycles. The number of anilines is 1. The van der Waals surface area contributed by atoms with Crippen molar-refractivity contribution in [2.45, 2.75) is 12.8 Å². The summed E-state index contributed by atoms with van der Waals surface area (Å²) < 4.78 is 48.5. The Labute approximate surface area is 168 Å². The van der Waals surface area contributed by atoms with E-state index in [9.17, 15) is 22.8 Å². The number of nitrogens with one attached hydrogen (secondary N) is 3. The highest BCUT2D eigenvalue weighted by Crippen LogP contribution is 2.25. The van der Waals surface area contributed by atoms with Gasteiger partial charge < -0.3 is 20.5 Å². The Hall–Kier alpha value is -3.83.